The van der Waals surface area contributed by atoms with Gasteiger partial charge in [0.2, 0.25) is 0 Å². The van der Waals surface area contributed by atoms with Crippen LogP contribution in [-0.4, -0.2) is 48.8 Å². The van der Waals surface area contributed by atoms with Crippen LogP contribution in [-0.2, 0) is 14.6 Å². The molecule has 0 radical (unpaired) electrons. The standard InChI is InChI=1S/C22H26N2O4S2/c1-2-3-15-24-16-13-22(14-17-24,21(25)23-26)30(27,28)20-11-9-19(10-12-20)29-18-7-5-4-6-8-18/h2-12,26H,13-17H2,1H3,(H,23,25)/b3-2+. The molecule has 0 aliphatic carbocycles. The molecule has 30 heavy (non-hydrogen) atoms. The van der Waals surface area contributed by atoms with Crippen LogP contribution < -0.4 is 5.48 Å². The molecule has 2 aromatic carbocycles. The Hall–Kier alpha value is -2.13. The van der Waals surface area contributed by atoms with Gasteiger partial charge in [0.1, 0.15) is 0 Å². The molecule has 1 aliphatic rings. The molecule has 2 N–H and O–H groups in total. The van der Waals surface area contributed by atoms with E-state index in [4.69, 9.17) is 0 Å². The Labute approximate surface area is 181 Å². The van der Waals surface area contributed by atoms with Gasteiger partial charge in [0.15, 0.2) is 14.6 Å². The Morgan fingerprint density at radius 1 is 1.10 bits per heavy atom. The largest absolute Gasteiger partial charge is 0.300 e. The highest BCUT2D eigenvalue weighted by molar-refractivity contribution is 7.99. The Morgan fingerprint density at radius 2 is 1.70 bits per heavy atom. The van der Waals surface area contributed by atoms with Crippen molar-refractivity contribution in [1.29, 1.82) is 0 Å². The lowest BCUT2D eigenvalue weighted by Crippen LogP contribution is -2.57. The molecule has 1 saturated heterocycles. The zero-order valence-electron chi connectivity index (χ0n) is 16.8. The first kappa shape index (κ1) is 22.6. The van der Waals surface area contributed by atoms with Crippen molar-refractivity contribution in [2.24, 2.45) is 0 Å². The van der Waals surface area contributed by atoms with E-state index in [-0.39, 0.29) is 17.7 Å². The van der Waals surface area contributed by atoms with Crippen molar-refractivity contribution in [2.75, 3.05) is 19.6 Å². The van der Waals surface area contributed by atoms with Crippen molar-refractivity contribution in [3.8, 4) is 0 Å². The van der Waals surface area contributed by atoms with Gasteiger partial charge in [0, 0.05) is 29.4 Å². The van der Waals surface area contributed by atoms with E-state index in [0.717, 1.165) is 9.79 Å². The monoisotopic (exact) mass is 446 g/mol. The molecule has 1 amide bonds. The van der Waals surface area contributed by atoms with E-state index in [1.54, 1.807) is 29.7 Å². The average Bonchev–Trinajstić information content (AvgIpc) is 2.78. The first-order valence-corrected chi connectivity index (χ1v) is 12.1. The van der Waals surface area contributed by atoms with Gasteiger partial charge in [-0.15, -0.1) is 0 Å². The lowest BCUT2D eigenvalue weighted by atomic mass is 9.95. The smallest absolute Gasteiger partial charge is 0.265 e. The maximum absolute atomic E-state index is 13.5. The third-order valence-corrected chi connectivity index (χ3v) is 8.94. The lowest BCUT2D eigenvalue weighted by Gasteiger charge is -2.39. The summed E-state index contributed by atoms with van der Waals surface area (Å²) in [6.45, 7) is 3.55. The molecule has 0 bridgehead atoms. The van der Waals surface area contributed by atoms with Crippen LogP contribution in [0.1, 0.15) is 19.8 Å². The Balaban J connectivity index is 1.84. The van der Waals surface area contributed by atoms with Gasteiger partial charge < -0.3 is 0 Å². The van der Waals surface area contributed by atoms with Crippen molar-refractivity contribution in [2.45, 2.75) is 39.2 Å². The summed E-state index contributed by atoms with van der Waals surface area (Å²) in [5.74, 6) is -0.865. The number of carbonyl (C=O) groups is 1. The number of rotatable bonds is 7. The molecule has 2 aromatic rings. The number of carbonyl (C=O) groups excluding carboxylic acids is 1. The number of allylic oxidation sites excluding steroid dienone is 1. The van der Waals surface area contributed by atoms with Crippen molar-refractivity contribution in [3.63, 3.8) is 0 Å². The zero-order valence-corrected chi connectivity index (χ0v) is 18.5. The van der Waals surface area contributed by atoms with E-state index in [1.165, 1.54) is 11.8 Å². The molecule has 0 spiro atoms. The number of benzene rings is 2. The van der Waals surface area contributed by atoms with Crippen LogP contribution in [0.3, 0.4) is 0 Å². The summed E-state index contributed by atoms with van der Waals surface area (Å²) < 4.78 is 25.3. The number of likely N-dealkylation sites (tertiary alicyclic amines) is 1. The third-order valence-electron chi connectivity index (χ3n) is 5.41. The van der Waals surface area contributed by atoms with E-state index >= 15 is 0 Å². The molecule has 0 atom stereocenters. The second-order valence-corrected chi connectivity index (χ2v) is 10.6. The summed E-state index contributed by atoms with van der Waals surface area (Å²) in [5, 5.41) is 9.29. The summed E-state index contributed by atoms with van der Waals surface area (Å²) in [6.07, 6.45) is 4.18. The molecule has 1 aliphatic heterocycles. The SMILES string of the molecule is C/C=C/CN1CCC(C(=O)NO)(S(=O)(=O)c2ccc(Sc3ccccc3)cc2)CC1. The number of nitrogens with zero attached hydrogens (tertiary/aromatic N) is 1. The number of sulfone groups is 1. The molecule has 0 aromatic heterocycles. The van der Waals surface area contributed by atoms with Crippen LogP contribution in [0.25, 0.3) is 0 Å². The van der Waals surface area contributed by atoms with Gasteiger partial charge in [0.25, 0.3) is 5.91 Å². The predicted octanol–water partition coefficient (Wildman–Crippen LogP) is 3.53. The summed E-state index contributed by atoms with van der Waals surface area (Å²) in [6, 6.07) is 16.4. The van der Waals surface area contributed by atoms with Crippen LogP contribution in [0, 0.1) is 0 Å². The maximum Gasteiger partial charge on any atom is 0.265 e. The van der Waals surface area contributed by atoms with E-state index in [2.05, 4.69) is 4.90 Å². The number of nitrogens with one attached hydrogen (secondary N) is 1. The molecule has 1 heterocycles. The highest BCUT2D eigenvalue weighted by atomic mass is 32.2. The minimum absolute atomic E-state index is 0.0883. The molecular weight excluding hydrogens is 420 g/mol. The molecule has 6 nitrogen and oxygen atoms in total. The second kappa shape index (κ2) is 9.78. The Kier molecular flexibility index (Phi) is 7.36. The van der Waals surface area contributed by atoms with Crippen LogP contribution in [0.4, 0.5) is 0 Å². The first-order valence-electron chi connectivity index (χ1n) is 9.78. The molecular formula is C22H26N2O4S2. The lowest BCUT2D eigenvalue weighted by molar-refractivity contribution is -0.133. The number of hydroxylamine groups is 1. The normalized spacial score (nSPS) is 17.1. The molecule has 0 saturated carbocycles. The van der Waals surface area contributed by atoms with Gasteiger partial charge in [-0.05, 0) is 56.2 Å². The first-order chi connectivity index (χ1) is 14.4. The van der Waals surface area contributed by atoms with E-state index in [0.29, 0.717) is 19.6 Å². The summed E-state index contributed by atoms with van der Waals surface area (Å²) >= 11 is 1.53. The number of hydrogen-bond acceptors (Lipinski definition) is 6. The maximum atomic E-state index is 13.5. The fourth-order valence-corrected chi connectivity index (χ4v) is 6.40. The van der Waals surface area contributed by atoms with Gasteiger partial charge in [-0.25, -0.2) is 13.9 Å². The Morgan fingerprint density at radius 3 is 2.27 bits per heavy atom. The van der Waals surface area contributed by atoms with Gasteiger partial charge in [-0.3, -0.25) is 14.9 Å². The number of amides is 1. The zero-order chi connectivity index (χ0) is 21.6. The van der Waals surface area contributed by atoms with Crippen molar-refractivity contribution in [1.82, 2.24) is 10.4 Å². The van der Waals surface area contributed by atoms with Gasteiger partial charge >= 0.3 is 0 Å². The van der Waals surface area contributed by atoms with Crippen molar-refractivity contribution in [3.05, 3.63) is 66.7 Å². The van der Waals surface area contributed by atoms with Crippen molar-refractivity contribution >= 4 is 27.5 Å². The highest BCUT2D eigenvalue weighted by Crippen LogP contribution is 2.37. The van der Waals surface area contributed by atoms with Crippen molar-refractivity contribution < 1.29 is 18.4 Å². The topological polar surface area (TPSA) is 86.7 Å². The van der Waals surface area contributed by atoms with Gasteiger partial charge in [-0.2, -0.15) is 0 Å². The van der Waals surface area contributed by atoms with E-state index in [9.17, 15) is 18.4 Å². The highest BCUT2D eigenvalue weighted by Gasteiger charge is 2.52. The van der Waals surface area contributed by atoms with Gasteiger partial charge in [0.05, 0.1) is 4.90 Å². The second-order valence-electron chi connectivity index (χ2n) is 7.19. The average molecular weight is 447 g/mol. The van der Waals surface area contributed by atoms with Crippen LogP contribution in [0.15, 0.2) is 81.4 Å². The fourth-order valence-electron chi connectivity index (χ4n) is 3.61. The van der Waals surface area contributed by atoms with E-state index < -0.39 is 20.5 Å². The van der Waals surface area contributed by atoms with E-state index in [1.807, 2.05) is 49.4 Å². The number of piperidine rings is 1. The number of hydrogen-bond donors (Lipinski definition) is 2. The molecule has 1 fully saturated rings. The molecule has 8 heteroatoms. The summed E-state index contributed by atoms with van der Waals surface area (Å²) in [5.41, 5.74) is 1.60. The summed E-state index contributed by atoms with van der Waals surface area (Å²) in [4.78, 5) is 16.7. The van der Waals surface area contributed by atoms with Crippen LogP contribution >= 0.6 is 11.8 Å². The molecule has 160 valence electrons. The molecule has 0 unspecified atom stereocenters. The van der Waals surface area contributed by atoms with Gasteiger partial charge in [-0.1, -0.05) is 42.1 Å². The third kappa shape index (κ3) is 4.62. The minimum Gasteiger partial charge on any atom is -0.300 e. The quantitative estimate of drug-likeness (QED) is 0.384. The Bertz CT molecular complexity index is 982. The van der Waals surface area contributed by atoms with Crippen LogP contribution in [0.2, 0.25) is 0 Å². The predicted molar refractivity (Wildman–Crippen MR) is 117 cm³/mol. The summed E-state index contributed by atoms with van der Waals surface area (Å²) in [7, 11) is -3.99. The minimum atomic E-state index is -3.99. The fraction of sp³-hybridized carbons (Fsp3) is 0.318. The molecule has 3 rings (SSSR count). The van der Waals surface area contributed by atoms with Crippen LogP contribution in [0.5, 0.6) is 0 Å².